The van der Waals surface area contributed by atoms with Crippen LogP contribution >= 0.6 is 0 Å². The summed E-state index contributed by atoms with van der Waals surface area (Å²) in [5.74, 6) is -4.12. The first-order chi connectivity index (χ1) is 20.1. The van der Waals surface area contributed by atoms with Gasteiger partial charge in [0.25, 0.3) is 0 Å². The summed E-state index contributed by atoms with van der Waals surface area (Å²) >= 11 is 0. The van der Waals surface area contributed by atoms with Crippen molar-refractivity contribution >= 4 is 29.6 Å². The standard InChI is InChI=1S/C30H34N4O8/c1-2-3-4-8-13-22(27(37)33-16-19(15-23(33)28(38)39)42-18-10-6-5-7-11-18)34-17-21(32-30(34)31)26(36)20-12-9-14-24(35)25(20)29(40)41/h5-7,9-12,14,17,19,22-23,35H,2-4,8,13,15-16H2,1H3,(H2,31,32)(H,38,39)(H,40,41)/t19-,22?,23-/m0/s1. The van der Waals surface area contributed by atoms with Gasteiger partial charge in [-0.3, -0.25) is 9.59 Å². The van der Waals surface area contributed by atoms with E-state index < -0.39 is 53.1 Å². The number of phenols is 1. The molecular weight excluding hydrogens is 544 g/mol. The molecule has 0 bridgehead atoms. The van der Waals surface area contributed by atoms with Gasteiger partial charge in [0.2, 0.25) is 17.6 Å². The molecule has 1 aliphatic rings. The van der Waals surface area contributed by atoms with Gasteiger partial charge in [0.15, 0.2) is 0 Å². The number of unbranched alkanes of at least 4 members (excludes halogenated alkanes) is 3. The van der Waals surface area contributed by atoms with Crippen LogP contribution in [0.1, 0.15) is 77.9 Å². The van der Waals surface area contributed by atoms with Crippen molar-refractivity contribution in [2.75, 3.05) is 12.3 Å². The number of benzene rings is 2. The molecule has 3 atom stereocenters. The van der Waals surface area contributed by atoms with E-state index in [4.69, 9.17) is 10.5 Å². The number of carboxylic acid groups (broad SMARTS) is 2. The maximum absolute atomic E-state index is 14.0. The SMILES string of the molecule is CCCCCCC(C(=O)N1C[C@@H](Oc2ccccc2)C[C@H]1C(=O)O)n1cc(C(=O)c2cccc(O)c2C(=O)O)nc1N. The zero-order chi connectivity index (χ0) is 30.4. The van der Waals surface area contributed by atoms with Crippen molar-refractivity contribution in [3.63, 3.8) is 0 Å². The van der Waals surface area contributed by atoms with Crippen molar-refractivity contribution in [3.05, 3.63) is 71.5 Å². The summed E-state index contributed by atoms with van der Waals surface area (Å²) in [6, 6.07) is 10.6. The third-order valence-electron chi connectivity index (χ3n) is 7.32. The molecule has 1 aromatic heterocycles. The maximum atomic E-state index is 14.0. The number of nitrogens with two attached hydrogens (primary N) is 1. The van der Waals surface area contributed by atoms with Crippen molar-refractivity contribution in [2.45, 2.75) is 63.6 Å². The summed E-state index contributed by atoms with van der Waals surface area (Å²) in [6.45, 7) is 2.09. The Kier molecular flexibility index (Phi) is 9.46. The first-order valence-electron chi connectivity index (χ1n) is 13.8. The second-order valence-electron chi connectivity index (χ2n) is 10.2. The van der Waals surface area contributed by atoms with Crippen LogP contribution in [0, 0.1) is 0 Å². The van der Waals surface area contributed by atoms with Gasteiger partial charge in [-0.1, -0.05) is 56.9 Å². The summed E-state index contributed by atoms with van der Waals surface area (Å²) in [7, 11) is 0. The Hall–Kier alpha value is -4.87. The highest BCUT2D eigenvalue weighted by Gasteiger charge is 2.43. The van der Waals surface area contributed by atoms with Crippen LogP contribution in [0.5, 0.6) is 11.5 Å². The van der Waals surface area contributed by atoms with E-state index in [1.807, 2.05) is 6.07 Å². The van der Waals surface area contributed by atoms with Crippen LogP contribution < -0.4 is 10.5 Å². The fraction of sp³-hybridized carbons (Fsp3) is 0.367. The van der Waals surface area contributed by atoms with Crippen molar-refractivity contribution in [1.29, 1.82) is 0 Å². The summed E-state index contributed by atoms with van der Waals surface area (Å²) < 4.78 is 7.31. The number of para-hydroxylation sites is 1. The van der Waals surface area contributed by atoms with Gasteiger partial charge in [0.05, 0.1) is 6.54 Å². The van der Waals surface area contributed by atoms with Crippen LogP contribution in [-0.4, -0.2) is 72.1 Å². The number of hydrogen-bond donors (Lipinski definition) is 4. The predicted octanol–water partition coefficient (Wildman–Crippen LogP) is 3.74. The molecule has 222 valence electrons. The Morgan fingerprint density at radius 2 is 1.79 bits per heavy atom. The van der Waals surface area contributed by atoms with Gasteiger partial charge in [0, 0.05) is 18.2 Å². The van der Waals surface area contributed by atoms with Gasteiger partial charge >= 0.3 is 11.9 Å². The Labute approximate surface area is 242 Å². The molecule has 0 aliphatic carbocycles. The molecule has 4 rings (SSSR count). The highest BCUT2D eigenvalue weighted by molar-refractivity contribution is 6.14. The third-order valence-corrected chi connectivity index (χ3v) is 7.32. The molecule has 2 heterocycles. The lowest BCUT2D eigenvalue weighted by Crippen LogP contribution is -2.44. The van der Waals surface area contributed by atoms with E-state index in [1.54, 1.807) is 24.3 Å². The number of amides is 1. The van der Waals surface area contributed by atoms with E-state index in [-0.39, 0.29) is 30.2 Å². The smallest absolute Gasteiger partial charge is 0.340 e. The lowest BCUT2D eigenvalue weighted by Gasteiger charge is -2.28. The Morgan fingerprint density at radius 1 is 1.05 bits per heavy atom. The number of imidazole rings is 1. The molecule has 1 aliphatic heterocycles. The number of anilines is 1. The molecule has 2 aromatic carbocycles. The monoisotopic (exact) mass is 578 g/mol. The van der Waals surface area contributed by atoms with Crippen LogP contribution in [0.4, 0.5) is 5.95 Å². The molecule has 5 N–H and O–H groups in total. The molecule has 1 unspecified atom stereocenters. The first kappa shape index (κ1) is 30.1. The van der Waals surface area contributed by atoms with Crippen LogP contribution in [0.3, 0.4) is 0 Å². The molecule has 0 spiro atoms. The average molecular weight is 579 g/mol. The first-order valence-corrected chi connectivity index (χ1v) is 13.8. The second kappa shape index (κ2) is 13.2. The lowest BCUT2D eigenvalue weighted by atomic mass is 10.0. The number of carbonyl (C=O) groups excluding carboxylic acids is 2. The number of aromatic carboxylic acids is 1. The van der Waals surface area contributed by atoms with Crippen LogP contribution in [-0.2, 0) is 9.59 Å². The van der Waals surface area contributed by atoms with E-state index in [9.17, 15) is 34.5 Å². The molecule has 0 saturated carbocycles. The summed E-state index contributed by atoms with van der Waals surface area (Å²) in [5.41, 5.74) is 5.12. The lowest BCUT2D eigenvalue weighted by molar-refractivity contribution is -0.149. The highest BCUT2D eigenvalue weighted by Crippen LogP contribution is 2.31. The van der Waals surface area contributed by atoms with Crippen LogP contribution in [0.2, 0.25) is 0 Å². The van der Waals surface area contributed by atoms with Crippen molar-refractivity contribution < 1.29 is 39.2 Å². The number of aromatic hydroxyl groups is 1. The molecule has 1 fully saturated rings. The molecule has 0 radical (unpaired) electrons. The van der Waals surface area contributed by atoms with E-state index >= 15 is 0 Å². The second-order valence-corrected chi connectivity index (χ2v) is 10.2. The van der Waals surface area contributed by atoms with Gasteiger partial charge in [-0.15, -0.1) is 0 Å². The number of rotatable bonds is 13. The van der Waals surface area contributed by atoms with Gasteiger partial charge in [0.1, 0.15) is 40.9 Å². The molecule has 42 heavy (non-hydrogen) atoms. The van der Waals surface area contributed by atoms with E-state index in [0.29, 0.717) is 18.6 Å². The minimum Gasteiger partial charge on any atom is -0.507 e. The van der Waals surface area contributed by atoms with Crippen molar-refractivity contribution in [1.82, 2.24) is 14.5 Å². The largest absolute Gasteiger partial charge is 0.507 e. The van der Waals surface area contributed by atoms with Crippen molar-refractivity contribution in [3.8, 4) is 11.5 Å². The number of hydrogen-bond acceptors (Lipinski definition) is 8. The maximum Gasteiger partial charge on any atom is 0.340 e. The highest BCUT2D eigenvalue weighted by atomic mass is 16.5. The number of nitrogen functional groups attached to an aromatic ring is 1. The summed E-state index contributed by atoms with van der Waals surface area (Å²) in [4.78, 5) is 56.6. The summed E-state index contributed by atoms with van der Waals surface area (Å²) in [5, 5.41) is 29.5. The fourth-order valence-electron chi connectivity index (χ4n) is 5.25. The number of nitrogens with zero attached hydrogens (tertiary/aromatic N) is 3. The Morgan fingerprint density at radius 3 is 2.45 bits per heavy atom. The van der Waals surface area contributed by atoms with Crippen molar-refractivity contribution in [2.24, 2.45) is 0 Å². The van der Waals surface area contributed by atoms with Gasteiger partial charge < -0.3 is 35.3 Å². The zero-order valence-corrected chi connectivity index (χ0v) is 23.2. The third kappa shape index (κ3) is 6.54. The van der Waals surface area contributed by atoms with Crippen LogP contribution in [0.25, 0.3) is 0 Å². The van der Waals surface area contributed by atoms with E-state index in [1.165, 1.54) is 27.8 Å². The molecule has 1 saturated heterocycles. The molecular formula is C30H34N4O8. The Balaban J connectivity index is 1.65. The number of likely N-dealkylation sites (tertiary alicyclic amines) is 1. The number of aromatic nitrogens is 2. The quantitative estimate of drug-likeness (QED) is 0.172. The molecule has 12 nitrogen and oxygen atoms in total. The van der Waals surface area contributed by atoms with Gasteiger partial charge in [-0.2, -0.15) is 0 Å². The normalized spacial score (nSPS) is 17.1. The topological polar surface area (TPSA) is 185 Å². The average Bonchev–Trinajstić information content (AvgIpc) is 3.56. The minimum atomic E-state index is -1.49. The number of carbonyl (C=O) groups is 4. The van der Waals surface area contributed by atoms with Crippen LogP contribution in [0.15, 0.2) is 54.7 Å². The summed E-state index contributed by atoms with van der Waals surface area (Å²) in [6.07, 6.45) is 4.50. The number of ether oxygens (including phenoxy) is 1. The zero-order valence-electron chi connectivity index (χ0n) is 23.2. The van der Waals surface area contributed by atoms with E-state index in [0.717, 1.165) is 25.3 Å². The van der Waals surface area contributed by atoms with Gasteiger partial charge in [-0.25, -0.2) is 14.6 Å². The van der Waals surface area contributed by atoms with Gasteiger partial charge in [-0.05, 0) is 30.7 Å². The predicted molar refractivity (Wildman–Crippen MR) is 152 cm³/mol. The van der Waals surface area contributed by atoms with E-state index in [2.05, 4.69) is 11.9 Å². The fourth-order valence-corrected chi connectivity index (χ4v) is 5.25. The number of ketones is 1. The molecule has 3 aromatic rings. The number of carboxylic acids is 2. The number of aliphatic carboxylic acids is 1. The molecule has 12 heteroatoms. The molecule has 1 amide bonds. The minimum absolute atomic E-state index is 0.0435. The Bertz CT molecular complexity index is 1450.